The number of likely N-dealkylation sites (tertiary alicyclic amines) is 1. The highest BCUT2D eigenvalue weighted by atomic mass is 32.1. The van der Waals surface area contributed by atoms with Gasteiger partial charge in [-0.2, -0.15) is 0 Å². The monoisotopic (exact) mass is 402 g/mol. The number of carbonyl (C=O) groups excluding carboxylic acids is 2. The largest absolute Gasteiger partial charge is 0.380 e. The number of aliphatic hydroxyl groups is 2. The molecule has 2 aromatic rings. The first kappa shape index (κ1) is 20.5. The summed E-state index contributed by atoms with van der Waals surface area (Å²) in [5.41, 5.74) is 1.97. The molecule has 1 aliphatic rings. The van der Waals surface area contributed by atoms with Gasteiger partial charge in [-0.15, -0.1) is 11.3 Å². The molecule has 2 heterocycles. The average molecular weight is 403 g/mol. The van der Waals surface area contributed by atoms with E-state index in [-0.39, 0.29) is 12.1 Å². The van der Waals surface area contributed by atoms with Gasteiger partial charge in [0.1, 0.15) is 0 Å². The molecule has 0 radical (unpaired) electrons. The van der Waals surface area contributed by atoms with Gasteiger partial charge in [0.2, 0.25) is 0 Å². The Morgan fingerprint density at radius 3 is 2.46 bits per heavy atom. The zero-order valence-corrected chi connectivity index (χ0v) is 16.9. The van der Waals surface area contributed by atoms with Crippen LogP contribution in [0.2, 0.25) is 0 Å². The van der Waals surface area contributed by atoms with Gasteiger partial charge in [0.25, 0.3) is 11.8 Å². The van der Waals surface area contributed by atoms with E-state index >= 15 is 0 Å². The number of rotatable bonds is 6. The number of amides is 2. The molecule has 1 fully saturated rings. The molecule has 1 saturated heterocycles. The van der Waals surface area contributed by atoms with Crippen LogP contribution in [0.3, 0.4) is 0 Å². The summed E-state index contributed by atoms with van der Waals surface area (Å²) < 4.78 is 0. The first-order valence-corrected chi connectivity index (χ1v) is 10.4. The standard InChI is InChI=1S/C21H26N2O4S/c1-13-5-3-11-23(13)21(27)19(25)18(24)20(26)22-14(2)15-7-9-16(10-8-15)17-6-4-12-28-17/h4,6-10,12-14,18-19,24-25H,3,5,11H2,1-2H3,(H,22,26)/t13-,14+,18+,19+/m0/s1. The van der Waals surface area contributed by atoms with Gasteiger partial charge in [0, 0.05) is 17.5 Å². The Labute approximate surface area is 168 Å². The molecule has 0 spiro atoms. The molecule has 0 saturated carbocycles. The van der Waals surface area contributed by atoms with E-state index < -0.39 is 24.0 Å². The average Bonchev–Trinajstić information content (AvgIpc) is 3.38. The molecule has 28 heavy (non-hydrogen) atoms. The highest BCUT2D eigenvalue weighted by Gasteiger charge is 2.36. The summed E-state index contributed by atoms with van der Waals surface area (Å²) in [7, 11) is 0. The lowest BCUT2D eigenvalue weighted by atomic mass is 10.0. The number of nitrogens with one attached hydrogen (secondary N) is 1. The molecular weight excluding hydrogens is 376 g/mol. The van der Waals surface area contributed by atoms with Gasteiger partial charge in [-0.3, -0.25) is 9.59 Å². The molecule has 3 rings (SSSR count). The van der Waals surface area contributed by atoms with Crippen LogP contribution in [-0.4, -0.2) is 51.7 Å². The van der Waals surface area contributed by atoms with Crippen LogP contribution in [-0.2, 0) is 9.59 Å². The molecule has 0 aliphatic carbocycles. The van der Waals surface area contributed by atoms with E-state index in [9.17, 15) is 19.8 Å². The molecule has 1 aromatic carbocycles. The van der Waals surface area contributed by atoms with Crippen LogP contribution < -0.4 is 5.32 Å². The fourth-order valence-electron chi connectivity index (χ4n) is 3.47. The number of benzene rings is 1. The van der Waals surface area contributed by atoms with Gasteiger partial charge in [-0.1, -0.05) is 30.3 Å². The van der Waals surface area contributed by atoms with Gasteiger partial charge >= 0.3 is 0 Å². The number of hydrogen-bond acceptors (Lipinski definition) is 5. The second kappa shape index (κ2) is 8.86. The summed E-state index contributed by atoms with van der Waals surface area (Å²) in [6.45, 7) is 4.23. The summed E-state index contributed by atoms with van der Waals surface area (Å²) >= 11 is 1.65. The van der Waals surface area contributed by atoms with Crippen molar-refractivity contribution in [3.63, 3.8) is 0 Å². The number of hydrogen-bond donors (Lipinski definition) is 3. The lowest BCUT2D eigenvalue weighted by molar-refractivity contribution is -0.153. The zero-order chi connectivity index (χ0) is 20.3. The molecule has 2 amide bonds. The maximum atomic E-state index is 12.3. The highest BCUT2D eigenvalue weighted by molar-refractivity contribution is 7.13. The minimum absolute atomic E-state index is 0.0122. The van der Waals surface area contributed by atoms with Crippen LogP contribution in [0.1, 0.15) is 38.3 Å². The van der Waals surface area contributed by atoms with E-state index in [2.05, 4.69) is 5.32 Å². The number of thiophene rings is 1. The van der Waals surface area contributed by atoms with E-state index in [1.54, 1.807) is 18.3 Å². The summed E-state index contributed by atoms with van der Waals surface area (Å²) in [5, 5.41) is 25.0. The van der Waals surface area contributed by atoms with Crippen LogP contribution in [0.15, 0.2) is 41.8 Å². The normalized spacial score (nSPS) is 19.9. The second-order valence-electron chi connectivity index (χ2n) is 7.24. The Morgan fingerprint density at radius 1 is 1.18 bits per heavy atom. The molecule has 0 bridgehead atoms. The third-order valence-corrected chi connectivity index (χ3v) is 6.15. The SMILES string of the molecule is C[C@@H](NC(=O)[C@H](O)[C@@H](O)C(=O)N1CCC[C@@H]1C)c1ccc(-c2cccs2)cc1. The Hall–Kier alpha value is -2.22. The van der Waals surface area contributed by atoms with E-state index in [0.29, 0.717) is 6.54 Å². The third kappa shape index (κ3) is 4.43. The maximum Gasteiger partial charge on any atom is 0.254 e. The molecule has 1 aromatic heterocycles. The molecule has 1 aliphatic heterocycles. The van der Waals surface area contributed by atoms with Crippen molar-refractivity contribution in [1.82, 2.24) is 10.2 Å². The smallest absolute Gasteiger partial charge is 0.254 e. The van der Waals surface area contributed by atoms with Crippen molar-refractivity contribution < 1.29 is 19.8 Å². The Morgan fingerprint density at radius 2 is 1.89 bits per heavy atom. The molecule has 6 nitrogen and oxygen atoms in total. The molecule has 3 N–H and O–H groups in total. The lowest BCUT2D eigenvalue weighted by Crippen LogP contribution is -2.51. The van der Waals surface area contributed by atoms with Gasteiger partial charge in [-0.25, -0.2) is 0 Å². The van der Waals surface area contributed by atoms with Crippen LogP contribution in [0.4, 0.5) is 0 Å². The third-order valence-electron chi connectivity index (χ3n) is 5.23. The molecule has 7 heteroatoms. The Bertz CT molecular complexity index is 806. The number of nitrogens with zero attached hydrogens (tertiary/aromatic N) is 1. The number of aliphatic hydroxyl groups excluding tert-OH is 2. The fraction of sp³-hybridized carbons (Fsp3) is 0.429. The van der Waals surface area contributed by atoms with Crippen molar-refractivity contribution in [2.45, 2.75) is 51.0 Å². The molecular formula is C21H26N2O4S. The van der Waals surface area contributed by atoms with E-state index in [4.69, 9.17) is 0 Å². The van der Waals surface area contributed by atoms with E-state index in [0.717, 1.165) is 28.8 Å². The summed E-state index contributed by atoms with van der Waals surface area (Å²) in [4.78, 5) is 27.4. The first-order valence-electron chi connectivity index (χ1n) is 9.49. The minimum Gasteiger partial charge on any atom is -0.380 e. The van der Waals surface area contributed by atoms with E-state index in [1.807, 2.05) is 48.7 Å². The maximum absolute atomic E-state index is 12.3. The Kier molecular flexibility index (Phi) is 6.49. The highest BCUT2D eigenvalue weighted by Crippen LogP contribution is 2.26. The quantitative estimate of drug-likeness (QED) is 0.692. The predicted octanol–water partition coefficient (Wildman–Crippen LogP) is 2.32. The van der Waals surface area contributed by atoms with Gasteiger partial charge in [0.05, 0.1) is 6.04 Å². The summed E-state index contributed by atoms with van der Waals surface area (Å²) in [6, 6.07) is 11.5. The summed E-state index contributed by atoms with van der Waals surface area (Å²) in [6.07, 6.45) is -1.83. The molecule has 0 unspecified atom stereocenters. The number of carbonyl (C=O) groups is 2. The topological polar surface area (TPSA) is 89.9 Å². The van der Waals surface area contributed by atoms with Gasteiger partial charge in [-0.05, 0) is 49.3 Å². The van der Waals surface area contributed by atoms with Crippen LogP contribution >= 0.6 is 11.3 Å². The summed E-state index contributed by atoms with van der Waals surface area (Å²) in [5.74, 6) is -1.36. The fourth-order valence-corrected chi connectivity index (χ4v) is 4.20. The van der Waals surface area contributed by atoms with Crippen molar-refractivity contribution in [1.29, 1.82) is 0 Å². The van der Waals surface area contributed by atoms with Crippen molar-refractivity contribution in [2.24, 2.45) is 0 Å². The van der Waals surface area contributed by atoms with E-state index in [1.165, 1.54) is 4.90 Å². The first-order chi connectivity index (χ1) is 13.4. The predicted molar refractivity (Wildman–Crippen MR) is 109 cm³/mol. The lowest BCUT2D eigenvalue weighted by Gasteiger charge is -2.27. The van der Waals surface area contributed by atoms with Crippen LogP contribution in [0.5, 0.6) is 0 Å². The minimum atomic E-state index is -1.80. The molecule has 4 atom stereocenters. The van der Waals surface area contributed by atoms with Gasteiger partial charge in [0.15, 0.2) is 12.2 Å². The van der Waals surface area contributed by atoms with Gasteiger partial charge < -0.3 is 20.4 Å². The van der Waals surface area contributed by atoms with Crippen molar-refractivity contribution in [3.8, 4) is 10.4 Å². The zero-order valence-electron chi connectivity index (χ0n) is 16.0. The van der Waals surface area contributed by atoms with Crippen molar-refractivity contribution >= 4 is 23.2 Å². The van der Waals surface area contributed by atoms with Crippen molar-refractivity contribution in [3.05, 3.63) is 47.3 Å². The van der Waals surface area contributed by atoms with Crippen LogP contribution in [0, 0.1) is 0 Å². The van der Waals surface area contributed by atoms with Crippen LogP contribution in [0.25, 0.3) is 10.4 Å². The second-order valence-corrected chi connectivity index (χ2v) is 8.19. The Balaban J connectivity index is 1.59. The van der Waals surface area contributed by atoms with Crippen molar-refractivity contribution in [2.75, 3.05) is 6.54 Å². The molecule has 150 valence electrons.